The summed E-state index contributed by atoms with van der Waals surface area (Å²) >= 11 is 8.67. The average molecular weight is 385 g/mol. The summed E-state index contributed by atoms with van der Waals surface area (Å²) in [5.74, 6) is 1.12. The number of amides is 1. The van der Waals surface area contributed by atoms with Crippen LogP contribution in [0.25, 0.3) is 6.08 Å². The number of hydrogen-bond donors (Lipinski definition) is 0. The molecule has 118 valence electrons. The lowest BCUT2D eigenvalue weighted by Gasteiger charge is -2.13. The van der Waals surface area contributed by atoms with Crippen LogP contribution in [0.4, 0.5) is 0 Å². The quantitative estimate of drug-likeness (QED) is 0.589. The average Bonchev–Trinajstić information content (AvgIpc) is 2.67. The molecule has 1 aliphatic heterocycles. The minimum absolute atomic E-state index is 0.128. The van der Waals surface area contributed by atoms with Gasteiger partial charge >= 0.3 is 0 Å². The maximum Gasteiger partial charge on any atom is 0.276 e. The molecule has 1 fully saturated rings. The number of methoxy groups -OCH3 is 1. The van der Waals surface area contributed by atoms with Gasteiger partial charge in [0.15, 0.2) is 16.6 Å². The molecule has 0 aromatic heterocycles. The Bertz CT molecular complexity index is 660. The minimum atomic E-state index is -0.128. The van der Waals surface area contributed by atoms with Gasteiger partial charge in [-0.2, -0.15) is 0 Å². The van der Waals surface area contributed by atoms with Crippen molar-refractivity contribution in [2.24, 2.45) is 0 Å². The molecule has 0 N–H and O–H groups in total. The predicted molar refractivity (Wildman–Crippen MR) is 93.0 cm³/mol. The van der Waals surface area contributed by atoms with Crippen LogP contribution in [-0.4, -0.2) is 48.6 Å². The Morgan fingerprint density at radius 1 is 1.32 bits per heavy atom. The molecule has 0 unspecified atom stereocenters. The van der Waals surface area contributed by atoms with Crippen molar-refractivity contribution < 1.29 is 14.3 Å². The van der Waals surface area contributed by atoms with Crippen molar-refractivity contribution in [1.82, 2.24) is 9.80 Å². The monoisotopic (exact) mass is 384 g/mol. The lowest BCUT2D eigenvalue weighted by atomic mass is 10.1. The molecule has 7 heteroatoms. The summed E-state index contributed by atoms with van der Waals surface area (Å²) in [4.78, 5) is 15.3. The summed E-state index contributed by atoms with van der Waals surface area (Å²) < 4.78 is 11.7. The molecule has 1 saturated heterocycles. The van der Waals surface area contributed by atoms with Crippen molar-refractivity contribution in [2.45, 2.75) is 6.92 Å². The predicted octanol–water partition coefficient (Wildman–Crippen LogP) is 2.89. The van der Waals surface area contributed by atoms with Crippen molar-refractivity contribution in [3.8, 4) is 11.5 Å². The van der Waals surface area contributed by atoms with E-state index in [2.05, 4.69) is 15.9 Å². The van der Waals surface area contributed by atoms with Gasteiger partial charge in [-0.3, -0.25) is 9.69 Å². The second-order valence-corrected chi connectivity index (χ2v) is 5.92. The van der Waals surface area contributed by atoms with E-state index >= 15 is 0 Å². The van der Waals surface area contributed by atoms with E-state index in [9.17, 15) is 4.79 Å². The van der Waals surface area contributed by atoms with E-state index in [0.29, 0.717) is 28.9 Å². The van der Waals surface area contributed by atoms with Gasteiger partial charge in [-0.15, -0.1) is 0 Å². The van der Waals surface area contributed by atoms with E-state index < -0.39 is 0 Å². The minimum Gasteiger partial charge on any atom is -0.493 e. The summed E-state index contributed by atoms with van der Waals surface area (Å²) in [5, 5.41) is 0.480. The van der Waals surface area contributed by atoms with Gasteiger partial charge in [0.25, 0.3) is 5.91 Å². The first-order chi connectivity index (χ1) is 10.4. The summed E-state index contributed by atoms with van der Waals surface area (Å²) in [7, 11) is 5.02. The molecule has 0 atom stereocenters. The Balaban J connectivity index is 2.46. The highest BCUT2D eigenvalue weighted by atomic mass is 79.9. The Kier molecular flexibility index (Phi) is 5.08. The van der Waals surface area contributed by atoms with Gasteiger partial charge in [-0.05, 0) is 58.8 Å². The molecule has 1 heterocycles. The topological polar surface area (TPSA) is 42.0 Å². The van der Waals surface area contributed by atoms with E-state index in [1.807, 2.05) is 19.1 Å². The fourth-order valence-electron chi connectivity index (χ4n) is 2.15. The zero-order valence-corrected chi connectivity index (χ0v) is 15.2. The van der Waals surface area contributed by atoms with Gasteiger partial charge in [-0.25, -0.2) is 0 Å². The maximum atomic E-state index is 12.2. The van der Waals surface area contributed by atoms with E-state index in [0.717, 1.165) is 10.0 Å². The van der Waals surface area contributed by atoms with Gasteiger partial charge in [0, 0.05) is 14.1 Å². The number of likely N-dealkylation sites (N-methyl/N-ethyl adjacent to an activating group) is 2. The Morgan fingerprint density at radius 3 is 2.50 bits per heavy atom. The fourth-order valence-corrected chi connectivity index (χ4v) is 2.91. The highest BCUT2D eigenvalue weighted by Crippen LogP contribution is 2.37. The number of carbonyl (C=O) groups is 1. The molecule has 1 aliphatic rings. The summed E-state index contributed by atoms with van der Waals surface area (Å²) in [5.41, 5.74) is 1.34. The van der Waals surface area contributed by atoms with Gasteiger partial charge in [0.05, 0.1) is 18.2 Å². The number of benzene rings is 1. The molecule has 0 spiro atoms. The molecule has 0 radical (unpaired) electrons. The van der Waals surface area contributed by atoms with E-state index in [4.69, 9.17) is 21.7 Å². The van der Waals surface area contributed by atoms with Crippen LogP contribution < -0.4 is 9.47 Å². The number of halogens is 1. The number of rotatable bonds is 4. The number of ether oxygens (including phenoxy) is 2. The SMILES string of the molecule is CCOc1c(Br)cc(/C=C2\C(=O)N(C)C(=S)N2C)cc1OC. The van der Waals surface area contributed by atoms with Crippen molar-refractivity contribution in [3.05, 3.63) is 27.9 Å². The molecular weight excluding hydrogens is 368 g/mol. The summed E-state index contributed by atoms with van der Waals surface area (Å²) in [6.07, 6.45) is 1.78. The molecule has 0 bridgehead atoms. The Morgan fingerprint density at radius 2 is 2.00 bits per heavy atom. The molecule has 1 aromatic carbocycles. The first-order valence-electron chi connectivity index (χ1n) is 6.68. The van der Waals surface area contributed by atoms with Gasteiger partial charge in [0.2, 0.25) is 0 Å². The van der Waals surface area contributed by atoms with Crippen molar-refractivity contribution in [1.29, 1.82) is 0 Å². The first kappa shape index (κ1) is 16.8. The van der Waals surface area contributed by atoms with Crippen LogP contribution in [0.1, 0.15) is 12.5 Å². The number of thiocarbonyl (C=S) groups is 1. The molecule has 5 nitrogen and oxygen atoms in total. The number of nitrogens with zero attached hydrogens (tertiary/aromatic N) is 2. The van der Waals surface area contributed by atoms with Crippen LogP contribution >= 0.6 is 28.1 Å². The molecule has 1 aromatic rings. The Labute approximate surface area is 143 Å². The van der Waals surface area contributed by atoms with Crippen LogP contribution in [0.15, 0.2) is 22.3 Å². The summed E-state index contributed by atoms with van der Waals surface area (Å²) in [6, 6.07) is 3.70. The highest BCUT2D eigenvalue weighted by molar-refractivity contribution is 9.10. The zero-order valence-electron chi connectivity index (χ0n) is 12.8. The molecule has 22 heavy (non-hydrogen) atoms. The normalized spacial score (nSPS) is 16.7. The molecule has 0 aliphatic carbocycles. The third kappa shape index (κ3) is 2.96. The number of carbonyl (C=O) groups excluding carboxylic acids is 1. The third-order valence-corrected chi connectivity index (χ3v) is 4.44. The number of hydrogen-bond acceptors (Lipinski definition) is 4. The van der Waals surface area contributed by atoms with E-state index in [-0.39, 0.29) is 5.91 Å². The first-order valence-corrected chi connectivity index (χ1v) is 7.88. The summed E-state index contributed by atoms with van der Waals surface area (Å²) in [6.45, 7) is 2.44. The second-order valence-electron chi connectivity index (χ2n) is 4.70. The van der Waals surface area contributed by atoms with Gasteiger partial charge in [0.1, 0.15) is 5.70 Å². The van der Waals surface area contributed by atoms with E-state index in [1.165, 1.54) is 4.90 Å². The van der Waals surface area contributed by atoms with Gasteiger partial charge in [-0.1, -0.05) is 0 Å². The second kappa shape index (κ2) is 6.66. The Hall–Kier alpha value is -1.60. The van der Waals surface area contributed by atoms with Crippen LogP contribution in [-0.2, 0) is 4.79 Å². The van der Waals surface area contributed by atoms with Crippen LogP contribution in [0.5, 0.6) is 11.5 Å². The lowest BCUT2D eigenvalue weighted by molar-refractivity contribution is -0.121. The molecule has 0 saturated carbocycles. The largest absolute Gasteiger partial charge is 0.493 e. The third-order valence-electron chi connectivity index (χ3n) is 3.30. The highest BCUT2D eigenvalue weighted by Gasteiger charge is 2.32. The lowest BCUT2D eigenvalue weighted by Crippen LogP contribution is -2.26. The van der Waals surface area contributed by atoms with Crippen LogP contribution in [0, 0.1) is 0 Å². The molecule has 1 amide bonds. The van der Waals surface area contributed by atoms with Crippen molar-refractivity contribution in [2.75, 3.05) is 27.8 Å². The van der Waals surface area contributed by atoms with Crippen LogP contribution in [0.3, 0.4) is 0 Å². The smallest absolute Gasteiger partial charge is 0.276 e. The molecular formula is C15H17BrN2O3S. The van der Waals surface area contributed by atoms with E-state index in [1.54, 1.807) is 32.2 Å². The maximum absolute atomic E-state index is 12.2. The van der Waals surface area contributed by atoms with Crippen LogP contribution in [0.2, 0.25) is 0 Å². The van der Waals surface area contributed by atoms with Crippen molar-refractivity contribution >= 4 is 45.2 Å². The van der Waals surface area contributed by atoms with Crippen molar-refractivity contribution in [3.63, 3.8) is 0 Å². The zero-order chi connectivity index (χ0) is 16.4. The van der Waals surface area contributed by atoms with Gasteiger partial charge < -0.3 is 14.4 Å². The molecule has 2 rings (SSSR count). The standard InChI is InChI=1S/C15H17BrN2O3S/c1-5-21-13-10(16)6-9(8-12(13)20-4)7-11-14(19)18(3)15(22)17(11)2/h6-8H,5H2,1-4H3/b11-7+. The fraction of sp³-hybridized carbons (Fsp3) is 0.333.